The maximum absolute atomic E-state index is 8.55. The van der Waals surface area contributed by atoms with Gasteiger partial charge in [0.15, 0.2) is 0 Å². The number of rotatable bonds is 0. The Bertz CT molecular complexity index is 128. The van der Waals surface area contributed by atoms with Gasteiger partial charge in [0, 0.05) is 0 Å². The summed E-state index contributed by atoms with van der Waals surface area (Å²) in [6.07, 6.45) is 0. The predicted molar refractivity (Wildman–Crippen MR) is 18.8 cm³/mol. The second-order valence-corrected chi connectivity index (χ2v) is 2.68. The van der Waals surface area contributed by atoms with E-state index in [1.54, 1.807) is 0 Å². The molecule has 0 aliphatic rings. The van der Waals surface area contributed by atoms with Crippen LogP contribution in [0.15, 0.2) is 0 Å². The molecule has 0 aliphatic carbocycles. The van der Waals surface area contributed by atoms with Gasteiger partial charge >= 0.3 is 81.7 Å². The molecule has 74 valence electrons. The molecule has 0 fully saturated rings. The molecule has 0 unspecified atom stereocenters. The van der Waals surface area contributed by atoms with E-state index in [-0.39, 0.29) is 87.2 Å². The largest absolute Gasteiger partial charge is 3.00 e. The summed E-state index contributed by atoms with van der Waals surface area (Å²) >= 11 is 0. The summed E-state index contributed by atoms with van der Waals surface area (Å²) in [5, 5.41) is 0. The molecule has 0 aromatic carbocycles. The molecule has 0 aromatic rings. The maximum Gasteiger partial charge on any atom is 3.00 e. The van der Waals surface area contributed by atoms with Crippen LogP contribution < -0.4 is 29.4 Å². The third-order valence-electron chi connectivity index (χ3n) is 0. The first kappa shape index (κ1) is 29.7. The summed E-state index contributed by atoms with van der Waals surface area (Å²) < 4.78 is 17.1. The third kappa shape index (κ3) is 297. The predicted octanol–water partition coefficient (Wildman–Crippen LogP) is -6.47. The van der Waals surface area contributed by atoms with Gasteiger partial charge in [0.05, 0.1) is 0 Å². The molecule has 13 heavy (non-hydrogen) atoms. The monoisotopic (exact) mass is 492 g/mol. The van der Waals surface area contributed by atoms with Gasteiger partial charge in [-0.2, -0.15) is 15.6 Å². The SMILES string of the molecule is O.O=P([O-])([O-])[O-].O=P([O-])([O-])[O-].[Nd+3].[Nd+3]. The second kappa shape index (κ2) is 12.9. The van der Waals surface area contributed by atoms with E-state index in [9.17, 15) is 0 Å². The zero-order valence-corrected chi connectivity index (χ0v) is 13.9. The van der Waals surface area contributed by atoms with Crippen LogP contribution in [0.3, 0.4) is 0 Å². The topological polar surface area (TPSA) is 204 Å². The minimum absolute atomic E-state index is 0. The Morgan fingerprint density at radius 1 is 0.615 bits per heavy atom. The number of phosphoric acid groups is 2. The van der Waals surface area contributed by atoms with Crippen LogP contribution in [-0.2, 0) is 9.13 Å². The zero-order chi connectivity index (χ0) is 9.00. The van der Waals surface area contributed by atoms with E-state index in [0.717, 1.165) is 0 Å². The Labute approximate surface area is 139 Å². The van der Waals surface area contributed by atoms with Crippen LogP contribution in [0.25, 0.3) is 0 Å². The Balaban J connectivity index is -0.0000000267. The normalized spacial score (nSPS) is 9.08. The molecule has 0 saturated carbocycles. The molecule has 0 aliphatic heterocycles. The van der Waals surface area contributed by atoms with Crippen LogP contribution >= 0.6 is 15.6 Å². The molecule has 9 nitrogen and oxygen atoms in total. The van der Waals surface area contributed by atoms with Crippen LogP contribution in [0.2, 0.25) is 0 Å². The van der Waals surface area contributed by atoms with Crippen LogP contribution in [0.5, 0.6) is 0 Å². The van der Waals surface area contributed by atoms with Gasteiger partial charge in [-0.25, -0.2) is 0 Å². The third-order valence-corrected chi connectivity index (χ3v) is 0. The van der Waals surface area contributed by atoms with Gasteiger partial charge in [-0.1, -0.05) is 0 Å². The van der Waals surface area contributed by atoms with Crippen molar-refractivity contribution < 1.29 is 126 Å². The molecular weight excluding hydrogens is 494 g/mol. The molecular formula is H2Nd2O9P2. The summed E-state index contributed by atoms with van der Waals surface area (Å²) in [4.78, 5) is 51.3. The molecule has 2 N–H and O–H groups in total. The van der Waals surface area contributed by atoms with E-state index in [1.165, 1.54) is 0 Å². The fourth-order valence-electron chi connectivity index (χ4n) is 0. The van der Waals surface area contributed by atoms with E-state index in [2.05, 4.69) is 0 Å². The van der Waals surface area contributed by atoms with Gasteiger partial charge in [-0.05, 0) is 0 Å². The van der Waals surface area contributed by atoms with Crippen molar-refractivity contribution in [3.05, 3.63) is 0 Å². The van der Waals surface area contributed by atoms with E-state index in [4.69, 9.17) is 38.5 Å². The second-order valence-electron chi connectivity index (χ2n) is 0.894. The van der Waals surface area contributed by atoms with Crippen molar-refractivity contribution in [2.75, 3.05) is 0 Å². The number of hydrogen-bond acceptors (Lipinski definition) is 8. The van der Waals surface area contributed by atoms with Crippen molar-refractivity contribution in [3.8, 4) is 0 Å². The van der Waals surface area contributed by atoms with E-state index < -0.39 is 15.6 Å². The van der Waals surface area contributed by atoms with E-state index in [0.29, 0.717) is 0 Å². The summed E-state index contributed by atoms with van der Waals surface area (Å²) in [7, 11) is -10.8. The van der Waals surface area contributed by atoms with Crippen molar-refractivity contribution in [1.29, 1.82) is 0 Å². The van der Waals surface area contributed by atoms with Gasteiger partial charge in [0.1, 0.15) is 0 Å². The first-order valence-electron chi connectivity index (χ1n) is 1.46. The van der Waals surface area contributed by atoms with Crippen molar-refractivity contribution in [2.24, 2.45) is 0 Å². The minimum atomic E-state index is -5.39. The average molecular weight is 496 g/mol. The van der Waals surface area contributed by atoms with Crippen molar-refractivity contribution in [1.82, 2.24) is 0 Å². The van der Waals surface area contributed by atoms with Gasteiger partial charge in [-0.3, -0.25) is 0 Å². The first-order valence-corrected chi connectivity index (χ1v) is 4.38. The van der Waals surface area contributed by atoms with Crippen molar-refractivity contribution >= 4 is 15.6 Å². The molecule has 2 radical (unpaired) electrons. The van der Waals surface area contributed by atoms with Gasteiger partial charge in [-0.15, -0.1) is 0 Å². The zero-order valence-electron chi connectivity index (χ0n) is 5.66. The van der Waals surface area contributed by atoms with Crippen molar-refractivity contribution in [2.45, 2.75) is 0 Å². The van der Waals surface area contributed by atoms with Gasteiger partial charge in [0.2, 0.25) is 0 Å². The molecule has 0 saturated heterocycles. The fraction of sp³-hybridized carbons (Fsp3) is 0. The molecule has 0 spiro atoms. The van der Waals surface area contributed by atoms with Crippen LogP contribution in [0, 0.1) is 81.7 Å². The molecule has 0 atom stereocenters. The fourth-order valence-corrected chi connectivity index (χ4v) is 0. The summed E-state index contributed by atoms with van der Waals surface area (Å²) in [5.41, 5.74) is 0. The minimum Gasteiger partial charge on any atom is -0.822 e. The van der Waals surface area contributed by atoms with Gasteiger partial charge < -0.3 is 44.0 Å². The van der Waals surface area contributed by atoms with Crippen LogP contribution in [0.1, 0.15) is 0 Å². The van der Waals surface area contributed by atoms with Gasteiger partial charge in [0.25, 0.3) is 0 Å². The smallest absolute Gasteiger partial charge is 0.822 e. The maximum atomic E-state index is 8.55. The summed E-state index contributed by atoms with van der Waals surface area (Å²) in [6.45, 7) is 0. The Morgan fingerprint density at radius 3 is 0.615 bits per heavy atom. The van der Waals surface area contributed by atoms with Crippen molar-refractivity contribution in [3.63, 3.8) is 0 Å². The van der Waals surface area contributed by atoms with E-state index in [1.807, 2.05) is 0 Å². The molecule has 0 heterocycles. The van der Waals surface area contributed by atoms with Crippen LogP contribution in [0.4, 0.5) is 0 Å². The Hall–Kier alpha value is 2.88. The van der Waals surface area contributed by atoms with E-state index >= 15 is 0 Å². The average Bonchev–Trinajstić information content (AvgIpc) is 1.12. The molecule has 0 amide bonds. The Kier molecular flexibility index (Phi) is 29.6. The molecule has 13 heteroatoms. The Morgan fingerprint density at radius 2 is 0.615 bits per heavy atom. The quantitative estimate of drug-likeness (QED) is 0.294. The van der Waals surface area contributed by atoms with Crippen LogP contribution in [-0.4, -0.2) is 5.48 Å². The number of hydrogen-bond donors (Lipinski definition) is 0. The standard InChI is InChI=1S/2Nd.2H3O4P.H2O/c;;2*1-5(2,3)4;/h;;2*(H3,1,2,3,4);1H2/q2*+3;;;/p-6. The summed E-state index contributed by atoms with van der Waals surface area (Å²) in [6, 6.07) is 0. The molecule has 0 aromatic heterocycles. The molecule has 0 rings (SSSR count). The molecule has 0 bridgehead atoms. The summed E-state index contributed by atoms with van der Waals surface area (Å²) in [5.74, 6) is 0. The first-order chi connectivity index (χ1) is 4.00.